The number of esters is 1. The summed E-state index contributed by atoms with van der Waals surface area (Å²) < 4.78 is 25.7. The average molecular weight is 647 g/mol. The quantitative estimate of drug-likeness (QED) is 0.333. The lowest BCUT2D eigenvalue weighted by Crippen LogP contribution is -2.59. The molecule has 0 bridgehead atoms. The molecule has 11 nitrogen and oxygen atoms in total. The molecule has 1 aromatic carbocycles. The Hall–Kier alpha value is -3.58. The number of carbonyl (C=O) groups excluding carboxylic acids is 4. The second-order valence-electron chi connectivity index (χ2n) is 13.8. The SMILES string of the molecule is Cc1ncsc1-c1ccc(CNC(=O)[C@@H]2C[C@@H](O)CN2C(=O)[C@@H](NC(=O)C2(F)CC2)C(C)(C)C)c(OCC(=O)OC(C)(C)C)c1. The Morgan fingerprint density at radius 1 is 1.18 bits per heavy atom. The van der Waals surface area contributed by atoms with Gasteiger partial charge in [0.15, 0.2) is 12.3 Å². The molecule has 2 heterocycles. The topological polar surface area (TPSA) is 147 Å². The maximum absolute atomic E-state index is 14.5. The number of benzene rings is 1. The zero-order chi connectivity index (χ0) is 33.3. The lowest BCUT2D eigenvalue weighted by molar-refractivity contribution is -0.157. The van der Waals surface area contributed by atoms with Crippen LogP contribution in [0.25, 0.3) is 10.4 Å². The molecule has 1 aliphatic carbocycles. The number of rotatable bonds is 10. The van der Waals surface area contributed by atoms with Crippen molar-refractivity contribution >= 4 is 35.0 Å². The molecule has 1 aromatic heterocycles. The number of aliphatic hydroxyl groups excluding tert-OH is 1. The van der Waals surface area contributed by atoms with Crippen LogP contribution >= 0.6 is 11.3 Å². The van der Waals surface area contributed by atoms with Crippen molar-refractivity contribution in [1.82, 2.24) is 20.5 Å². The molecule has 3 amide bonds. The van der Waals surface area contributed by atoms with E-state index in [1.54, 1.807) is 59.2 Å². The molecular weight excluding hydrogens is 603 g/mol. The van der Waals surface area contributed by atoms with E-state index in [9.17, 15) is 28.7 Å². The van der Waals surface area contributed by atoms with Gasteiger partial charge in [-0.1, -0.05) is 32.9 Å². The fourth-order valence-corrected chi connectivity index (χ4v) is 5.88. The highest BCUT2D eigenvalue weighted by molar-refractivity contribution is 7.13. The van der Waals surface area contributed by atoms with E-state index in [0.29, 0.717) is 11.3 Å². The molecule has 45 heavy (non-hydrogen) atoms. The van der Waals surface area contributed by atoms with E-state index in [1.807, 2.05) is 13.0 Å². The van der Waals surface area contributed by atoms with Crippen molar-refractivity contribution in [3.05, 3.63) is 35.0 Å². The van der Waals surface area contributed by atoms with Gasteiger partial charge in [0.1, 0.15) is 23.4 Å². The molecule has 0 unspecified atom stereocenters. The van der Waals surface area contributed by atoms with Gasteiger partial charge < -0.3 is 30.1 Å². The molecular formula is C32H43FN4O7S. The number of likely N-dealkylation sites (tertiary alicyclic amines) is 1. The highest BCUT2D eigenvalue weighted by atomic mass is 32.1. The van der Waals surface area contributed by atoms with Crippen molar-refractivity contribution in [2.75, 3.05) is 13.2 Å². The van der Waals surface area contributed by atoms with E-state index in [1.165, 1.54) is 16.2 Å². The summed E-state index contributed by atoms with van der Waals surface area (Å²) in [5.74, 6) is -2.10. The average Bonchev–Trinajstić information content (AvgIpc) is 3.35. The number of aryl methyl sites for hydroxylation is 1. The van der Waals surface area contributed by atoms with Crippen LogP contribution in [-0.2, 0) is 30.5 Å². The smallest absolute Gasteiger partial charge is 0.344 e. The van der Waals surface area contributed by atoms with Crippen LogP contribution in [0.3, 0.4) is 0 Å². The summed E-state index contributed by atoms with van der Waals surface area (Å²) >= 11 is 1.46. The molecule has 246 valence electrons. The Morgan fingerprint density at radius 3 is 2.44 bits per heavy atom. The summed E-state index contributed by atoms with van der Waals surface area (Å²) in [6.07, 6.45) is -0.746. The van der Waals surface area contributed by atoms with E-state index in [-0.39, 0.29) is 39.0 Å². The Balaban J connectivity index is 1.50. The number of amides is 3. The van der Waals surface area contributed by atoms with Crippen molar-refractivity contribution in [2.45, 2.75) is 104 Å². The van der Waals surface area contributed by atoms with Gasteiger partial charge in [0.2, 0.25) is 11.8 Å². The first-order valence-electron chi connectivity index (χ1n) is 15.0. The van der Waals surface area contributed by atoms with Crippen LogP contribution in [0.5, 0.6) is 5.75 Å². The van der Waals surface area contributed by atoms with E-state index in [0.717, 1.165) is 16.1 Å². The van der Waals surface area contributed by atoms with Crippen LogP contribution in [0.15, 0.2) is 23.7 Å². The number of aromatic nitrogens is 1. The molecule has 13 heteroatoms. The van der Waals surface area contributed by atoms with Gasteiger partial charge in [-0.2, -0.15) is 0 Å². The summed E-state index contributed by atoms with van der Waals surface area (Å²) in [7, 11) is 0. The molecule has 3 atom stereocenters. The van der Waals surface area contributed by atoms with Crippen molar-refractivity contribution < 1.29 is 38.1 Å². The lowest BCUT2D eigenvalue weighted by atomic mass is 9.85. The standard InChI is InChI=1S/C32H43FN4O7S/c1-18-25(45-17-35-18)19-8-9-20(23(12-19)43-16-24(39)44-31(5,6)7)14-34-27(40)22-13-21(38)15-37(22)28(41)26(30(2,3)4)36-29(42)32(33)10-11-32/h8-9,12,17,21-22,26,38H,10-11,13-16H2,1-7H3,(H,34,40)(H,36,42)/t21-,22+,26-/m1/s1. The molecule has 2 aliphatic rings. The van der Waals surface area contributed by atoms with Gasteiger partial charge in [-0.25, -0.2) is 14.2 Å². The lowest BCUT2D eigenvalue weighted by Gasteiger charge is -2.35. The molecule has 1 saturated heterocycles. The molecule has 1 aliphatic heterocycles. The Bertz CT molecular complexity index is 1440. The first-order valence-corrected chi connectivity index (χ1v) is 15.9. The van der Waals surface area contributed by atoms with Gasteiger partial charge in [0.05, 0.1) is 22.2 Å². The van der Waals surface area contributed by atoms with Gasteiger partial charge in [-0.15, -0.1) is 11.3 Å². The number of aliphatic hydroxyl groups is 1. The fraction of sp³-hybridized carbons (Fsp3) is 0.594. The second kappa shape index (κ2) is 13.0. The normalized spacial score (nSPS) is 19.9. The van der Waals surface area contributed by atoms with Gasteiger partial charge in [0, 0.05) is 25.1 Å². The number of nitrogens with one attached hydrogen (secondary N) is 2. The first-order chi connectivity index (χ1) is 20.9. The fourth-order valence-electron chi connectivity index (χ4n) is 5.08. The Morgan fingerprint density at radius 2 is 1.87 bits per heavy atom. The largest absolute Gasteiger partial charge is 0.482 e. The van der Waals surface area contributed by atoms with Crippen LogP contribution in [0.2, 0.25) is 0 Å². The minimum atomic E-state index is -1.97. The predicted molar refractivity (Wildman–Crippen MR) is 166 cm³/mol. The summed E-state index contributed by atoms with van der Waals surface area (Å²) in [5, 5.41) is 15.9. The summed E-state index contributed by atoms with van der Waals surface area (Å²) in [6, 6.07) is 3.30. The highest BCUT2D eigenvalue weighted by Crippen LogP contribution is 2.40. The van der Waals surface area contributed by atoms with E-state index < -0.39 is 58.6 Å². The maximum atomic E-state index is 14.5. The summed E-state index contributed by atoms with van der Waals surface area (Å²) in [5.41, 5.74) is 0.540. The van der Waals surface area contributed by atoms with E-state index in [2.05, 4.69) is 15.6 Å². The third-order valence-electron chi connectivity index (χ3n) is 7.64. The van der Waals surface area contributed by atoms with Crippen LogP contribution in [0, 0.1) is 12.3 Å². The molecule has 2 fully saturated rings. The Labute approximate surface area is 266 Å². The van der Waals surface area contributed by atoms with Crippen LogP contribution in [-0.4, -0.2) is 81.3 Å². The second-order valence-corrected chi connectivity index (χ2v) is 14.7. The van der Waals surface area contributed by atoms with Crippen molar-refractivity contribution in [3.63, 3.8) is 0 Å². The van der Waals surface area contributed by atoms with Gasteiger partial charge >= 0.3 is 5.97 Å². The molecule has 4 rings (SSSR count). The van der Waals surface area contributed by atoms with Crippen molar-refractivity contribution in [3.8, 4) is 16.2 Å². The molecule has 0 radical (unpaired) electrons. The van der Waals surface area contributed by atoms with Gasteiger partial charge in [-0.3, -0.25) is 14.4 Å². The monoisotopic (exact) mass is 646 g/mol. The zero-order valence-electron chi connectivity index (χ0n) is 26.9. The predicted octanol–water partition coefficient (Wildman–Crippen LogP) is 3.45. The number of halogens is 1. The van der Waals surface area contributed by atoms with Crippen molar-refractivity contribution in [1.29, 1.82) is 0 Å². The van der Waals surface area contributed by atoms with Crippen LogP contribution in [0.4, 0.5) is 4.39 Å². The number of hydrogen-bond donors (Lipinski definition) is 3. The van der Waals surface area contributed by atoms with E-state index >= 15 is 0 Å². The number of β-amino-alcohol motifs (C(OH)–C–C–N with tert-alkyl or cyclic N) is 1. The highest BCUT2D eigenvalue weighted by Gasteiger charge is 2.53. The third-order valence-corrected chi connectivity index (χ3v) is 8.62. The zero-order valence-corrected chi connectivity index (χ0v) is 27.7. The number of alkyl halides is 1. The van der Waals surface area contributed by atoms with Crippen LogP contribution in [0.1, 0.15) is 72.1 Å². The van der Waals surface area contributed by atoms with Gasteiger partial charge in [0.25, 0.3) is 5.91 Å². The van der Waals surface area contributed by atoms with E-state index in [4.69, 9.17) is 9.47 Å². The molecule has 3 N–H and O–H groups in total. The summed E-state index contributed by atoms with van der Waals surface area (Å²) in [6.45, 7) is 11.9. The maximum Gasteiger partial charge on any atom is 0.344 e. The first kappa shape index (κ1) is 34.3. The molecule has 2 aromatic rings. The summed E-state index contributed by atoms with van der Waals surface area (Å²) in [4.78, 5) is 58.6. The molecule has 1 saturated carbocycles. The van der Waals surface area contributed by atoms with Crippen LogP contribution < -0.4 is 15.4 Å². The van der Waals surface area contributed by atoms with Crippen molar-refractivity contribution in [2.24, 2.45) is 5.41 Å². The number of carbonyl (C=O) groups is 4. The number of nitrogens with zero attached hydrogens (tertiary/aromatic N) is 2. The number of hydrogen-bond acceptors (Lipinski definition) is 9. The minimum Gasteiger partial charge on any atom is -0.482 e. The third kappa shape index (κ3) is 8.57. The minimum absolute atomic E-state index is 0.00102. The molecule has 0 spiro atoms. The number of thiazole rings is 1. The van der Waals surface area contributed by atoms with Gasteiger partial charge in [-0.05, 0) is 57.6 Å². The number of ether oxygens (including phenoxy) is 2. The Kier molecular flexibility index (Phi) is 9.93.